The highest BCUT2D eigenvalue weighted by atomic mass is 127. The molecule has 14 heavy (non-hydrogen) atoms. The summed E-state index contributed by atoms with van der Waals surface area (Å²) < 4.78 is 1.03. The van der Waals surface area contributed by atoms with E-state index in [0.29, 0.717) is 6.42 Å². The van der Waals surface area contributed by atoms with Gasteiger partial charge in [-0.3, -0.25) is 4.79 Å². The number of ketones is 1. The number of hydrogen-bond acceptors (Lipinski definition) is 1. The lowest BCUT2D eigenvalue weighted by molar-refractivity contribution is 0.0989. The second kappa shape index (κ2) is 6.23. The molecule has 1 aromatic rings. The van der Waals surface area contributed by atoms with Gasteiger partial charge in [0.15, 0.2) is 5.78 Å². The van der Waals surface area contributed by atoms with E-state index in [0.717, 1.165) is 19.8 Å². The monoisotopic (exact) mass is 430 g/mol. The summed E-state index contributed by atoms with van der Waals surface area (Å²) in [4.78, 5) is 11.6. The van der Waals surface area contributed by atoms with E-state index in [1.165, 1.54) is 5.56 Å². The van der Waals surface area contributed by atoms with Gasteiger partial charge in [0, 0.05) is 26.2 Å². The summed E-state index contributed by atoms with van der Waals surface area (Å²) in [5, 5.41) is 1.55. The van der Waals surface area contributed by atoms with Gasteiger partial charge < -0.3 is 0 Å². The molecule has 0 N–H and O–H groups in total. The lowest BCUT2D eigenvalue weighted by Gasteiger charge is -2.04. The summed E-state index contributed by atoms with van der Waals surface area (Å²) in [5.41, 5.74) is 2.03. The smallest absolute Gasteiger partial charge is 0.164 e. The lowest BCUT2D eigenvalue weighted by atomic mass is 10.1. The number of carbonyl (C=O) groups is 1. The number of halogens is 3. The van der Waals surface area contributed by atoms with Crippen molar-refractivity contribution in [3.8, 4) is 0 Å². The number of hydrogen-bond donors (Lipinski definition) is 0. The maximum Gasteiger partial charge on any atom is 0.164 e. The van der Waals surface area contributed by atoms with Crippen LogP contribution in [0.1, 0.15) is 22.3 Å². The minimum Gasteiger partial charge on any atom is -0.294 e. The van der Waals surface area contributed by atoms with Crippen LogP contribution in [0, 0.1) is 3.57 Å². The molecule has 1 nitrogen and oxygen atoms in total. The molecular formula is C10H9Br2IO. The van der Waals surface area contributed by atoms with Gasteiger partial charge in [-0.05, 0) is 34.2 Å². The standard InChI is InChI=1S/C10H9Br2IO/c11-4-3-10(14)8-2-1-7(6-12)5-9(8)13/h1-2,5H,3-4,6H2. The largest absolute Gasteiger partial charge is 0.294 e. The van der Waals surface area contributed by atoms with Gasteiger partial charge in [0.25, 0.3) is 0 Å². The van der Waals surface area contributed by atoms with Gasteiger partial charge in [-0.25, -0.2) is 0 Å². The third kappa shape index (κ3) is 3.31. The Morgan fingerprint density at radius 1 is 1.36 bits per heavy atom. The first kappa shape index (κ1) is 12.6. The third-order valence-electron chi connectivity index (χ3n) is 1.81. The molecule has 0 heterocycles. The first-order valence-corrected chi connectivity index (χ1v) is 7.44. The van der Waals surface area contributed by atoms with Crippen molar-refractivity contribution in [2.75, 3.05) is 5.33 Å². The molecule has 1 rings (SSSR count). The van der Waals surface area contributed by atoms with Crippen molar-refractivity contribution in [2.24, 2.45) is 0 Å². The molecule has 0 radical (unpaired) electrons. The highest BCUT2D eigenvalue weighted by molar-refractivity contribution is 14.1. The van der Waals surface area contributed by atoms with Crippen LogP contribution < -0.4 is 0 Å². The zero-order chi connectivity index (χ0) is 10.6. The molecule has 1 aromatic carbocycles. The van der Waals surface area contributed by atoms with Crippen molar-refractivity contribution >= 4 is 60.2 Å². The van der Waals surface area contributed by atoms with Crippen LogP contribution in [-0.2, 0) is 5.33 Å². The number of rotatable bonds is 4. The van der Waals surface area contributed by atoms with E-state index in [-0.39, 0.29) is 5.78 Å². The van der Waals surface area contributed by atoms with Crippen molar-refractivity contribution in [1.29, 1.82) is 0 Å². The number of alkyl halides is 2. The summed E-state index contributed by atoms with van der Waals surface area (Å²) in [6.45, 7) is 0. The van der Waals surface area contributed by atoms with Crippen LogP contribution in [0.3, 0.4) is 0 Å². The fourth-order valence-corrected chi connectivity index (χ4v) is 2.68. The summed E-state index contributed by atoms with van der Waals surface area (Å²) >= 11 is 8.86. The third-order valence-corrected chi connectivity index (χ3v) is 3.75. The van der Waals surface area contributed by atoms with Gasteiger partial charge in [-0.1, -0.05) is 44.0 Å². The second-order valence-corrected chi connectivity index (χ2v) is 5.33. The van der Waals surface area contributed by atoms with Crippen LogP contribution in [0.25, 0.3) is 0 Å². The fourth-order valence-electron chi connectivity index (χ4n) is 1.09. The SMILES string of the molecule is O=C(CCBr)c1ccc(CBr)cc1I. The Balaban J connectivity index is 2.94. The van der Waals surface area contributed by atoms with Gasteiger partial charge in [0.05, 0.1) is 0 Å². The zero-order valence-corrected chi connectivity index (χ0v) is 12.7. The van der Waals surface area contributed by atoms with E-state index < -0.39 is 0 Å². The van der Waals surface area contributed by atoms with Gasteiger partial charge in [-0.2, -0.15) is 0 Å². The van der Waals surface area contributed by atoms with E-state index in [1.807, 2.05) is 18.2 Å². The van der Waals surface area contributed by atoms with Crippen LogP contribution in [0.2, 0.25) is 0 Å². The van der Waals surface area contributed by atoms with Crippen LogP contribution in [-0.4, -0.2) is 11.1 Å². The quantitative estimate of drug-likeness (QED) is 0.397. The molecule has 0 atom stereocenters. The first-order chi connectivity index (χ1) is 6.69. The van der Waals surface area contributed by atoms with Crippen molar-refractivity contribution in [1.82, 2.24) is 0 Å². The summed E-state index contributed by atoms with van der Waals surface area (Å²) in [6.07, 6.45) is 0.559. The Kier molecular flexibility index (Phi) is 5.62. The number of benzene rings is 1. The topological polar surface area (TPSA) is 17.1 Å². The highest BCUT2D eigenvalue weighted by Crippen LogP contribution is 2.18. The number of carbonyl (C=O) groups excluding carboxylic acids is 1. The highest BCUT2D eigenvalue weighted by Gasteiger charge is 2.09. The molecule has 4 heteroatoms. The molecule has 0 saturated heterocycles. The van der Waals surface area contributed by atoms with Crippen LogP contribution in [0.15, 0.2) is 18.2 Å². The molecule has 0 aromatic heterocycles. The normalized spacial score (nSPS) is 10.2. The summed E-state index contributed by atoms with van der Waals surface area (Å²) in [7, 11) is 0. The average molecular weight is 432 g/mol. The molecule has 76 valence electrons. The Bertz CT molecular complexity index is 339. The van der Waals surface area contributed by atoms with E-state index >= 15 is 0 Å². The Labute approximate surface area is 114 Å². The average Bonchev–Trinajstić information content (AvgIpc) is 2.17. The lowest BCUT2D eigenvalue weighted by Crippen LogP contribution is -2.02. The van der Waals surface area contributed by atoms with Crippen LogP contribution in [0.4, 0.5) is 0 Å². The van der Waals surface area contributed by atoms with Crippen LogP contribution >= 0.6 is 54.5 Å². The Morgan fingerprint density at radius 2 is 2.07 bits per heavy atom. The predicted octanol–water partition coefficient (Wildman–Crippen LogP) is 4.15. The molecule has 0 fully saturated rings. The fraction of sp³-hybridized carbons (Fsp3) is 0.300. The van der Waals surface area contributed by atoms with E-state index in [4.69, 9.17) is 0 Å². The Morgan fingerprint density at radius 3 is 2.57 bits per heavy atom. The molecule has 0 saturated carbocycles. The molecular weight excluding hydrogens is 423 g/mol. The van der Waals surface area contributed by atoms with Crippen molar-refractivity contribution < 1.29 is 4.79 Å². The summed E-state index contributed by atoms with van der Waals surface area (Å²) in [6, 6.07) is 5.93. The van der Waals surface area contributed by atoms with Crippen molar-refractivity contribution in [2.45, 2.75) is 11.8 Å². The molecule has 0 aliphatic heterocycles. The molecule has 0 aliphatic rings. The number of Topliss-reactive ketones (excluding diaryl/α,β-unsaturated/α-hetero) is 1. The van der Waals surface area contributed by atoms with Crippen molar-refractivity contribution in [3.05, 3.63) is 32.9 Å². The minimum absolute atomic E-state index is 0.201. The van der Waals surface area contributed by atoms with Gasteiger partial charge in [0.1, 0.15) is 0 Å². The van der Waals surface area contributed by atoms with Gasteiger partial charge >= 0.3 is 0 Å². The van der Waals surface area contributed by atoms with E-state index in [1.54, 1.807) is 0 Å². The van der Waals surface area contributed by atoms with E-state index in [9.17, 15) is 4.79 Å². The van der Waals surface area contributed by atoms with Gasteiger partial charge in [-0.15, -0.1) is 0 Å². The zero-order valence-electron chi connectivity index (χ0n) is 7.40. The second-order valence-electron chi connectivity index (χ2n) is 2.81. The minimum atomic E-state index is 0.201. The molecule has 0 unspecified atom stereocenters. The van der Waals surface area contributed by atoms with Crippen LogP contribution in [0.5, 0.6) is 0 Å². The molecule has 0 spiro atoms. The predicted molar refractivity (Wildman–Crippen MR) is 74.5 cm³/mol. The van der Waals surface area contributed by atoms with E-state index in [2.05, 4.69) is 54.5 Å². The summed E-state index contributed by atoms with van der Waals surface area (Å²) in [5.74, 6) is 0.201. The molecule has 0 amide bonds. The maximum absolute atomic E-state index is 11.6. The maximum atomic E-state index is 11.6. The van der Waals surface area contributed by atoms with Gasteiger partial charge in [0.2, 0.25) is 0 Å². The first-order valence-electron chi connectivity index (χ1n) is 4.12. The Hall–Kier alpha value is 0.580. The molecule has 0 aliphatic carbocycles. The van der Waals surface area contributed by atoms with Crippen molar-refractivity contribution in [3.63, 3.8) is 0 Å². The molecule has 0 bridgehead atoms.